The summed E-state index contributed by atoms with van der Waals surface area (Å²) < 4.78 is 14.0. The molecule has 0 fully saturated rings. The fourth-order valence-corrected chi connectivity index (χ4v) is 2.04. The van der Waals surface area contributed by atoms with Gasteiger partial charge in [0.15, 0.2) is 0 Å². The number of nitrogens with one attached hydrogen (secondary N) is 1. The second-order valence-corrected chi connectivity index (χ2v) is 5.00. The number of carbonyl (C=O) groups is 1. The van der Waals surface area contributed by atoms with Gasteiger partial charge in [0.05, 0.1) is 16.3 Å². The molecule has 3 N–H and O–H groups in total. The summed E-state index contributed by atoms with van der Waals surface area (Å²) in [6.45, 7) is 0. The SMILES string of the molecule is O=C(Nc1cc(Cl)ccc1Cl)c1cccc(B(O)O)c1F. The van der Waals surface area contributed by atoms with Crippen molar-refractivity contribution in [2.24, 2.45) is 0 Å². The molecule has 2 rings (SSSR count). The van der Waals surface area contributed by atoms with Crippen LogP contribution in [0.25, 0.3) is 0 Å². The van der Waals surface area contributed by atoms with Crippen LogP contribution >= 0.6 is 23.2 Å². The van der Waals surface area contributed by atoms with Crippen LogP contribution in [0.3, 0.4) is 0 Å². The molecule has 0 saturated carbocycles. The molecule has 0 saturated heterocycles. The van der Waals surface area contributed by atoms with E-state index in [1.807, 2.05) is 0 Å². The third-order valence-electron chi connectivity index (χ3n) is 2.73. The van der Waals surface area contributed by atoms with Crippen molar-refractivity contribution in [3.05, 3.63) is 57.8 Å². The summed E-state index contributed by atoms with van der Waals surface area (Å²) >= 11 is 11.7. The lowest BCUT2D eigenvalue weighted by Crippen LogP contribution is -2.34. The highest BCUT2D eigenvalue weighted by molar-refractivity contribution is 6.58. The zero-order valence-corrected chi connectivity index (χ0v) is 12.0. The van der Waals surface area contributed by atoms with Gasteiger partial charge in [-0.1, -0.05) is 35.3 Å². The van der Waals surface area contributed by atoms with E-state index in [0.29, 0.717) is 5.02 Å². The maximum absolute atomic E-state index is 14.0. The van der Waals surface area contributed by atoms with Gasteiger partial charge in [0.25, 0.3) is 5.91 Å². The van der Waals surface area contributed by atoms with Crippen molar-refractivity contribution < 1.29 is 19.2 Å². The largest absolute Gasteiger partial charge is 0.491 e. The average molecular weight is 328 g/mol. The molecule has 0 heterocycles. The molecule has 8 heteroatoms. The van der Waals surface area contributed by atoms with E-state index >= 15 is 0 Å². The molecule has 0 spiro atoms. The smallest absolute Gasteiger partial charge is 0.423 e. The van der Waals surface area contributed by atoms with Crippen LogP contribution in [0, 0.1) is 5.82 Å². The Hall–Kier alpha value is -1.60. The third kappa shape index (κ3) is 3.54. The molecule has 0 aromatic heterocycles. The second-order valence-electron chi connectivity index (χ2n) is 4.16. The third-order valence-corrected chi connectivity index (χ3v) is 3.29. The normalized spacial score (nSPS) is 10.3. The molecule has 0 aliphatic heterocycles. The van der Waals surface area contributed by atoms with E-state index in [1.165, 1.54) is 30.3 Å². The molecule has 108 valence electrons. The molecule has 0 atom stereocenters. The van der Waals surface area contributed by atoms with E-state index in [0.717, 1.165) is 0 Å². The Morgan fingerprint density at radius 3 is 2.57 bits per heavy atom. The van der Waals surface area contributed by atoms with Gasteiger partial charge in [-0.2, -0.15) is 0 Å². The lowest BCUT2D eigenvalue weighted by Gasteiger charge is -2.10. The molecule has 2 aromatic carbocycles. The number of rotatable bonds is 3. The molecule has 2 aromatic rings. The molecule has 4 nitrogen and oxygen atoms in total. The maximum atomic E-state index is 14.0. The minimum atomic E-state index is -2.01. The quantitative estimate of drug-likeness (QED) is 0.756. The maximum Gasteiger partial charge on any atom is 0.491 e. The number of hydrogen-bond acceptors (Lipinski definition) is 3. The lowest BCUT2D eigenvalue weighted by molar-refractivity contribution is 0.102. The van der Waals surface area contributed by atoms with Gasteiger partial charge < -0.3 is 15.4 Å². The summed E-state index contributed by atoms with van der Waals surface area (Å²) in [4.78, 5) is 12.1. The van der Waals surface area contributed by atoms with E-state index in [2.05, 4.69) is 5.32 Å². The van der Waals surface area contributed by atoms with E-state index in [4.69, 9.17) is 33.2 Å². The fourth-order valence-electron chi connectivity index (χ4n) is 1.71. The van der Waals surface area contributed by atoms with Crippen molar-refractivity contribution >= 4 is 47.4 Å². The Kier molecular flexibility index (Phi) is 4.85. The Bertz CT molecular complexity index is 697. The van der Waals surface area contributed by atoms with Crippen molar-refractivity contribution in [2.45, 2.75) is 0 Å². The first-order valence-electron chi connectivity index (χ1n) is 5.81. The predicted molar refractivity (Wildman–Crippen MR) is 80.6 cm³/mol. The molecule has 21 heavy (non-hydrogen) atoms. The van der Waals surface area contributed by atoms with E-state index in [1.54, 1.807) is 6.07 Å². The topological polar surface area (TPSA) is 69.6 Å². The minimum Gasteiger partial charge on any atom is -0.423 e. The van der Waals surface area contributed by atoms with Gasteiger partial charge in [-0.05, 0) is 24.3 Å². The number of amides is 1. The zero-order valence-electron chi connectivity index (χ0n) is 10.5. The van der Waals surface area contributed by atoms with Crippen LogP contribution in [-0.4, -0.2) is 23.1 Å². The van der Waals surface area contributed by atoms with Crippen LogP contribution in [0.1, 0.15) is 10.4 Å². The summed E-state index contributed by atoms with van der Waals surface area (Å²) in [5.74, 6) is -1.79. The summed E-state index contributed by atoms with van der Waals surface area (Å²) in [7, 11) is -2.01. The van der Waals surface area contributed by atoms with Gasteiger partial charge in [-0.25, -0.2) is 4.39 Å². The van der Waals surface area contributed by atoms with Gasteiger partial charge in [0.2, 0.25) is 0 Å². The monoisotopic (exact) mass is 327 g/mol. The van der Waals surface area contributed by atoms with Crippen LogP contribution in [-0.2, 0) is 0 Å². The minimum absolute atomic E-state index is 0.225. The molecule has 0 radical (unpaired) electrons. The number of hydrogen-bond donors (Lipinski definition) is 3. The number of anilines is 1. The standard InChI is InChI=1S/C13H9BCl2FNO3/c15-7-4-5-10(16)11(6-7)18-13(19)8-2-1-3-9(12(8)17)14(20)21/h1-6,20-21H,(H,18,19). The highest BCUT2D eigenvalue weighted by Crippen LogP contribution is 2.26. The van der Waals surface area contributed by atoms with Gasteiger partial charge in [0, 0.05) is 10.5 Å². The summed E-state index contributed by atoms with van der Waals surface area (Å²) in [6.07, 6.45) is 0. The highest BCUT2D eigenvalue weighted by Gasteiger charge is 2.22. The molecular weight excluding hydrogens is 319 g/mol. The summed E-state index contributed by atoms with van der Waals surface area (Å²) in [5.41, 5.74) is -0.500. The van der Waals surface area contributed by atoms with E-state index < -0.39 is 18.8 Å². The predicted octanol–water partition coefficient (Wildman–Crippen LogP) is 2.06. The first kappa shape index (κ1) is 15.8. The van der Waals surface area contributed by atoms with Crippen molar-refractivity contribution in [3.63, 3.8) is 0 Å². The zero-order chi connectivity index (χ0) is 15.6. The van der Waals surface area contributed by atoms with Crippen LogP contribution in [0.4, 0.5) is 10.1 Å². The first-order valence-corrected chi connectivity index (χ1v) is 6.56. The second kappa shape index (κ2) is 6.45. The Balaban J connectivity index is 2.33. The van der Waals surface area contributed by atoms with Gasteiger partial charge in [-0.15, -0.1) is 0 Å². The number of halogens is 3. The highest BCUT2D eigenvalue weighted by atomic mass is 35.5. The summed E-state index contributed by atoms with van der Waals surface area (Å²) in [5, 5.41) is 21.1. The van der Waals surface area contributed by atoms with Crippen molar-refractivity contribution in [2.75, 3.05) is 5.32 Å². The number of carbonyl (C=O) groups excluding carboxylic acids is 1. The summed E-state index contributed by atoms with van der Waals surface area (Å²) in [6, 6.07) is 8.18. The molecule has 0 unspecified atom stereocenters. The van der Waals surface area contributed by atoms with Crippen molar-refractivity contribution in [1.82, 2.24) is 0 Å². The molecule has 0 aliphatic rings. The first-order chi connectivity index (χ1) is 9.90. The molecular formula is C13H9BCl2FNO3. The molecule has 0 bridgehead atoms. The lowest BCUT2D eigenvalue weighted by atomic mass is 9.79. The van der Waals surface area contributed by atoms with E-state index in [-0.39, 0.29) is 21.7 Å². The van der Waals surface area contributed by atoms with Crippen LogP contribution in [0.2, 0.25) is 10.0 Å². The van der Waals surface area contributed by atoms with E-state index in [9.17, 15) is 9.18 Å². The van der Waals surface area contributed by atoms with Gasteiger partial charge in [0.1, 0.15) is 5.82 Å². The van der Waals surface area contributed by atoms with Gasteiger partial charge in [-0.3, -0.25) is 4.79 Å². The van der Waals surface area contributed by atoms with Crippen molar-refractivity contribution in [1.29, 1.82) is 0 Å². The van der Waals surface area contributed by atoms with Gasteiger partial charge >= 0.3 is 7.12 Å². The average Bonchev–Trinajstić information content (AvgIpc) is 2.42. The van der Waals surface area contributed by atoms with Crippen LogP contribution in [0.5, 0.6) is 0 Å². The Morgan fingerprint density at radius 2 is 1.90 bits per heavy atom. The van der Waals surface area contributed by atoms with Crippen LogP contribution < -0.4 is 10.8 Å². The van der Waals surface area contributed by atoms with Crippen molar-refractivity contribution in [3.8, 4) is 0 Å². The molecule has 1 amide bonds. The number of benzene rings is 2. The Morgan fingerprint density at radius 1 is 1.19 bits per heavy atom. The molecule has 0 aliphatic carbocycles. The Labute approximate surface area is 130 Å². The van der Waals surface area contributed by atoms with Crippen LogP contribution in [0.15, 0.2) is 36.4 Å². The fraction of sp³-hybridized carbons (Fsp3) is 0.